The van der Waals surface area contributed by atoms with Crippen molar-refractivity contribution in [2.75, 3.05) is 19.6 Å². The second-order valence-electron chi connectivity index (χ2n) is 4.98. The molecule has 0 aliphatic carbocycles. The van der Waals surface area contributed by atoms with E-state index in [1.165, 1.54) is 0 Å². The smallest absolute Gasteiger partial charge is 0.255 e. The first kappa shape index (κ1) is 12.8. The Bertz CT molecular complexity index is 578. The number of carbonyl (C=O) groups excluding carboxylic acids is 1. The van der Waals surface area contributed by atoms with Crippen molar-refractivity contribution in [3.05, 3.63) is 42.6 Å². The predicted octanol–water partition coefficient (Wildman–Crippen LogP) is 0.701. The number of carbonyl (C=O) groups is 1. The fourth-order valence-electron chi connectivity index (χ4n) is 2.36. The van der Waals surface area contributed by atoms with E-state index in [-0.39, 0.29) is 5.91 Å². The minimum atomic E-state index is 0.0445. The molecule has 0 aromatic carbocycles. The number of piperazine rings is 1. The van der Waals surface area contributed by atoms with E-state index in [1.54, 1.807) is 23.3 Å². The van der Waals surface area contributed by atoms with Crippen molar-refractivity contribution < 1.29 is 4.79 Å². The molecule has 0 spiro atoms. The maximum absolute atomic E-state index is 12.4. The Labute approximate surface area is 117 Å². The second-order valence-corrected chi connectivity index (χ2v) is 4.98. The monoisotopic (exact) mass is 271 g/mol. The van der Waals surface area contributed by atoms with Crippen LogP contribution in [0.2, 0.25) is 0 Å². The molecule has 0 bridgehead atoms. The molecule has 1 aliphatic rings. The van der Waals surface area contributed by atoms with Gasteiger partial charge in [-0.25, -0.2) is 9.97 Å². The van der Waals surface area contributed by atoms with Crippen molar-refractivity contribution in [1.29, 1.82) is 0 Å². The summed E-state index contributed by atoms with van der Waals surface area (Å²) in [5.74, 6) is 0.802. The highest BCUT2D eigenvalue weighted by Crippen LogP contribution is 2.10. The van der Waals surface area contributed by atoms with Gasteiger partial charge in [-0.15, -0.1) is 0 Å². The molecule has 3 rings (SSSR count). The Morgan fingerprint density at radius 3 is 3.00 bits per heavy atom. The van der Waals surface area contributed by atoms with E-state index in [0.29, 0.717) is 11.6 Å². The van der Waals surface area contributed by atoms with E-state index >= 15 is 0 Å². The van der Waals surface area contributed by atoms with Crippen molar-refractivity contribution in [2.45, 2.75) is 13.0 Å². The second kappa shape index (κ2) is 5.42. The summed E-state index contributed by atoms with van der Waals surface area (Å²) >= 11 is 0. The average Bonchev–Trinajstić information content (AvgIpc) is 3.01. The van der Waals surface area contributed by atoms with Crippen LogP contribution in [0.25, 0.3) is 5.82 Å². The van der Waals surface area contributed by atoms with E-state index in [4.69, 9.17) is 0 Å². The van der Waals surface area contributed by atoms with Gasteiger partial charge < -0.3 is 10.2 Å². The van der Waals surface area contributed by atoms with Crippen LogP contribution in [0.1, 0.15) is 17.3 Å². The number of hydrogen-bond donors (Lipinski definition) is 1. The summed E-state index contributed by atoms with van der Waals surface area (Å²) in [6.45, 7) is 4.40. The number of hydrogen-bond acceptors (Lipinski definition) is 4. The molecule has 0 saturated carbocycles. The molecule has 3 heterocycles. The SMILES string of the molecule is CC1CN(C(=O)c2ccc(-n3ccnc3)nc2)CCN1. The summed E-state index contributed by atoms with van der Waals surface area (Å²) < 4.78 is 1.81. The lowest BCUT2D eigenvalue weighted by molar-refractivity contribution is 0.0708. The third-order valence-electron chi connectivity index (χ3n) is 3.42. The number of imidazole rings is 1. The van der Waals surface area contributed by atoms with Gasteiger partial charge in [-0.1, -0.05) is 0 Å². The van der Waals surface area contributed by atoms with Gasteiger partial charge in [0, 0.05) is 44.3 Å². The number of nitrogens with zero attached hydrogens (tertiary/aromatic N) is 4. The molecule has 1 amide bonds. The van der Waals surface area contributed by atoms with Gasteiger partial charge in [-0.05, 0) is 19.1 Å². The largest absolute Gasteiger partial charge is 0.336 e. The molecule has 6 nitrogen and oxygen atoms in total. The lowest BCUT2D eigenvalue weighted by Crippen LogP contribution is -2.51. The van der Waals surface area contributed by atoms with Crippen molar-refractivity contribution >= 4 is 5.91 Å². The van der Waals surface area contributed by atoms with E-state index in [0.717, 1.165) is 25.5 Å². The van der Waals surface area contributed by atoms with Crippen molar-refractivity contribution in [3.8, 4) is 5.82 Å². The lowest BCUT2D eigenvalue weighted by atomic mass is 10.2. The third kappa shape index (κ3) is 2.55. The van der Waals surface area contributed by atoms with Gasteiger partial charge in [-0.3, -0.25) is 9.36 Å². The Hall–Kier alpha value is -2.21. The number of rotatable bonds is 2. The van der Waals surface area contributed by atoms with Crippen LogP contribution in [0.5, 0.6) is 0 Å². The van der Waals surface area contributed by atoms with Gasteiger partial charge in [0.15, 0.2) is 0 Å². The molecule has 1 saturated heterocycles. The van der Waals surface area contributed by atoms with Gasteiger partial charge in [0.1, 0.15) is 12.1 Å². The standard InChI is InChI=1S/C14H17N5O/c1-11-9-18(7-5-16-11)14(20)12-2-3-13(17-8-12)19-6-4-15-10-19/h2-4,6,8,10-11,16H,5,7,9H2,1H3. The maximum atomic E-state index is 12.4. The summed E-state index contributed by atoms with van der Waals surface area (Å²) in [7, 11) is 0. The topological polar surface area (TPSA) is 63.1 Å². The fourth-order valence-corrected chi connectivity index (χ4v) is 2.36. The molecule has 2 aromatic heterocycles. The highest BCUT2D eigenvalue weighted by molar-refractivity contribution is 5.94. The summed E-state index contributed by atoms with van der Waals surface area (Å²) in [5.41, 5.74) is 0.628. The molecule has 6 heteroatoms. The maximum Gasteiger partial charge on any atom is 0.255 e. The normalized spacial score (nSPS) is 19.1. The van der Waals surface area contributed by atoms with Crippen LogP contribution in [0.4, 0.5) is 0 Å². The summed E-state index contributed by atoms with van der Waals surface area (Å²) in [6.07, 6.45) is 6.83. The van der Waals surface area contributed by atoms with Crippen LogP contribution in [0.3, 0.4) is 0 Å². The van der Waals surface area contributed by atoms with Gasteiger partial charge >= 0.3 is 0 Å². The number of pyridine rings is 1. The zero-order chi connectivity index (χ0) is 13.9. The zero-order valence-corrected chi connectivity index (χ0v) is 11.4. The summed E-state index contributed by atoms with van der Waals surface area (Å²) in [5, 5.41) is 3.33. The minimum absolute atomic E-state index is 0.0445. The highest BCUT2D eigenvalue weighted by atomic mass is 16.2. The highest BCUT2D eigenvalue weighted by Gasteiger charge is 2.21. The van der Waals surface area contributed by atoms with Gasteiger partial charge in [-0.2, -0.15) is 0 Å². The third-order valence-corrected chi connectivity index (χ3v) is 3.42. The van der Waals surface area contributed by atoms with E-state index in [2.05, 4.69) is 22.2 Å². The van der Waals surface area contributed by atoms with Crippen LogP contribution in [0.15, 0.2) is 37.1 Å². The van der Waals surface area contributed by atoms with Gasteiger partial charge in [0.2, 0.25) is 0 Å². The van der Waals surface area contributed by atoms with Crippen molar-refractivity contribution in [2.24, 2.45) is 0 Å². The van der Waals surface area contributed by atoms with Crippen LogP contribution in [-0.2, 0) is 0 Å². The number of nitrogens with one attached hydrogen (secondary N) is 1. The molecular weight excluding hydrogens is 254 g/mol. The molecule has 1 atom stereocenters. The van der Waals surface area contributed by atoms with Crippen molar-refractivity contribution in [3.63, 3.8) is 0 Å². The van der Waals surface area contributed by atoms with Crippen molar-refractivity contribution in [1.82, 2.24) is 24.8 Å². The fraction of sp³-hybridized carbons (Fsp3) is 0.357. The molecule has 0 radical (unpaired) electrons. The Morgan fingerprint density at radius 2 is 2.35 bits per heavy atom. The van der Waals surface area contributed by atoms with E-state index in [1.807, 2.05) is 23.2 Å². The Morgan fingerprint density at radius 1 is 1.45 bits per heavy atom. The molecule has 104 valence electrons. The van der Waals surface area contributed by atoms with E-state index in [9.17, 15) is 4.79 Å². The first-order valence-electron chi connectivity index (χ1n) is 6.71. The average molecular weight is 271 g/mol. The van der Waals surface area contributed by atoms with Crippen LogP contribution < -0.4 is 5.32 Å². The summed E-state index contributed by atoms with van der Waals surface area (Å²) in [6, 6.07) is 3.99. The van der Waals surface area contributed by atoms with Crippen LogP contribution in [0, 0.1) is 0 Å². The lowest BCUT2D eigenvalue weighted by Gasteiger charge is -2.31. The number of amides is 1. The molecule has 1 N–H and O–H groups in total. The molecule has 20 heavy (non-hydrogen) atoms. The first-order valence-corrected chi connectivity index (χ1v) is 6.71. The molecule has 1 aliphatic heterocycles. The number of aromatic nitrogens is 3. The van der Waals surface area contributed by atoms with Crippen LogP contribution >= 0.6 is 0 Å². The zero-order valence-electron chi connectivity index (χ0n) is 11.4. The minimum Gasteiger partial charge on any atom is -0.336 e. The molecule has 1 fully saturated rings. The molecule has 1 unspecified atom stereocenters. The summed E-state index contributed by atoms with van der Waals surface area (Å²) in [4.78, 5) is 22.5. The first-order chi connectivity index (χ1) is 9.74. The quantitative estimate of drug-likeness (QED) is 0.873. The van der Waals surface area contributed by atoms with Gasteiger partial charge in [0.05, 0.1) is 5.56 Å². The predicted molar refractivity (Wildman–Crippen MR) is 74.7 cm³/mol. The Balaban J connectivity index is 1.75. The molecular formula is C14H17N5O. The van der Waals surface area contributed by atoms with Gasteiger partial charge in [0.25, 0.3) is 5.91 Å². The van der Waals surface area contributed by atoms with E-state index < -0.39 is 0 Å². The Kier molecular flexibility index (Phi) is 3.47. The van der Waals surface area contributed by atoms with Crippen LogP contribution in [-0.4, -0.2) is 51.0 Å². The molecule has 2 aromatic rings.